The molecule has 2 amide bonds. The van der Waals surface area contributed by atoms with Crippen LogP contribution in [-0.2, 0) is 0 Å². The second-order valence-corrected chi connectivity index (χ2v) is 5.01. The molecular formula is C17H21N3O. The SMILES string of the molecule is CCCN(C(=O)Nc1cccc(C)c1)c1ccccc1N. The van der Waals surface area contributed by atoms with Gasteiger partial charge in [-0.1, -0.05) is 31.2 Å². The first-order valence-electron chi connectivity index (χ1n) is 7.11. The van der Waals surface area contributed by atoms with Crippen molar-refractivity contribution in [2.75, 3.05) is 22.5 Å². The standard InChI is InChI=1S/C17H21N3O/c1-3-11-20(16-10-5-4-9-15(16)18)17(21)19-14-8-6-7-13(2)12-14/h4-10,12H,3,11,18H2,1-2H3,(H,19,21). The molecule has 2 aromatic rings. The molecule has 4 nitrogen and oxygen atoms in total. The minimum atomic E-state index is -0.166. The van der Waals surface area contributed by atoms with Crippen LogP contribution in [0.1, 0.15) is 18.9 Å². The normalized spacial score (nSPS) is 10.2. The van der Waals surface area contributed by atoms with Crippen molar-refractivity contribution in [1.29, 1.82) is 0 Å². The maximum absolute atomic E-state index is 12.5. The fraction of sp³-hybridized carbons (Fsp3) is 0.235. The van der Waals surface area contributed by atoms with Crippen LogP contribution in [-0.4, -0.2) is 12.6 Å². The van der Waals surface area contributed by atoms with E-state index in [1.54, 1.807) is 11.0 Å². The van der Waals surface area contributed by atoms with Crippen molar-refractivity contribution in [2.24, 2.45) is 0 Å². The van der Waals surface area contributed by atoms with E-state index in [0.717, 1.165) is 23.4 Å². The number of benzene rings is 2. The van der Waals surface area contributed by atoms with Crippen LogP contribution in [0, 0.1) is 6.92 Å². The van der Waals surface area contributed by atoms with Crippen LogP contribution >= 0.6 is 0 Å². The second-order valence-electron chi connectivity index (χ2n) is 5.01. The molecule has 0 heterocycles. The molecule has 2 rings (SSSR count). The number of nitrogens with zero attached hydrogens (tertiary/aromatic N) is 1. The summed E-state index contributed by atoms with van der Waals surface area (Å²) < 4.78 is 0. The summed E-state index contributed by atoms with van der Waals surface area (Å²) in [6.07, 6.45) is 0.857. The summed E-state index contributed by atoms with van der Waals surface area (Å²) >= 11 is 0. The molecule has 0 spiro atoms. The monoisotopic (exact) mass is 283 g/mol. The summed E-state index contributed by atoms with van der Waals surface area (Å²) in [5, 5.41) is 2.92. The van der Waals surface area contributed by atoms with Gasteiger partial charge in [-0.25, -0.2) is 4.79 Å². The predicted molar refractivity (Wildman–Crippen MR) is 88.7 cm³/mol. The van der Waals surface area contributed by atoms with Crippen LogP contribution in [0.4, 0.5) is 21.9 Å². The lowest BCUT2D eigenvalue weighted by Gasteiger charge is -2.24. The van der Waals surface area contributed by atoms with E-state index in [2.05, 4.69) is 5.32 Å². The van der Waals surface area contributed by atoms with Gasteiger partial charge in [0.1, 0.15) is 0 Å². The van der Waals surface area contributed by atoms with Gasteiger partial charge in [0.05, 0.1) is 11.4 Å². The van der Waals surface area contributed by atoms with Crippen molar-refractivity contribution in [3.8, 4) is 0 Å². The Morgan fingerprint density at radius 2 is 1.95 bits per heavy atom. The zero-order chi connectivity index (χ0) is 15.2. The molecule has 0 aliphatic heterocycles. The molecule has 110 valence electrons. The highest BCUT2D eigenvalue weighted by Gasteiger charge is 2.16. The van der Waals surface area contributed by atoms with E-state index < -0.39 is 0 Å². The molecule has 0 atom stereocenters. The Labute approximate surface area is 125 Å². The number of aryl methyl sites for hydroxylation is 1. The Morgan fingerprint density at radius 1 is 1.19 bits per heavy atom. The molecule has 0 radical (unpaired) electrons. The molecule has 0 aliphatic carbocycles. The number of anilines is 3. The molecule has 0 fully saturated rings. The number of amides is 2. The van der Waals surface area contributed by atoms with E-state index in [9.17, 15) is 4.79 Å². The average Bonchev–Trinajstić information content (AvgIpc) is 2.45. The lowest BCUT2D eigenvalue weighted by Crippen LogP contribution is -2.36. The first-order chi connectivity index (χ1) is 10.1. The van der Waals surface area contributed by atoms with Crippen LogP contribution in [0.5, 0.6) is 0 Å². The van der Waals surface area contributed by atoms with E-state index in [4.69, 9.17) is 5.73 Å². The number of para-hydroxylation sites is 2. The van der Waals surface area contributed by atoms with Gasteiger partial charge in [-0.05, 0) is 43.2 Å². The summed E-state index contributed by atoms with van der Waals surface area (Å²) in [5.41, 5.74) is 9.22. The Morgan fingerprint density at radius 3 is 2.62 bits per heavy atom. The van der Waals surface area contributed by atoms with Gasteiger partial charge in [0.15, 0.2) is 0 Å². The summed E-state index contributed by atoms with van der Waals surface area (Å²) in [4.78, 5) is 14.2. The van der Waals surface area contributed by atoms with Crippen molar-refractivity contribution >= 4 is 23.1 Å². The van der Waals surface area contributed by atoms with Crippen LogP contribution in [0.2, 0.25) is 0 Å². The number of carbonyl (C=O) groups is 1. The van der Waals surface area contributed by atoms with Gasteiger partial charge < -0.3 is 11.1 Å². The zero-order valence-corrected chi connectivity index (χ0v) is 12.5. The number of nitrogen functional groups attached to an aromatic ring is 1. The number of carbonyl (C=O) groups excluding carboxylic acids is 1. The quantitative estimate of drug-likeness (QED) is 0.832. The van der Waals surface area contributed by atoms with E-state index >= 15 is 0 Å². The molecule has 0 aliphatic rings. The van der Waals surface area contributed by atoms with Gasteiger partial charge in [0.2, 0.25) is 0 Å². The Bertz CT molecular complexity index is 625. The number of urea groups is 1. The average molecular weight is 283 g/mol. The van der Waals surface area contributed by atoms with E-state index in [1.165, 1.54) is 0 Å². The van der Waals surface area contributed by atoms with Gasteiger partial charge in [-0.2, -0.15) is 0 Å². The van der Waals surface area contributed by atoms with Crippen LogP contribution in [0.3, 0.4) is 0 Å². The van der Waals surface area contributed by atoms with Gasteiger partial charge in [0.25, 0.3) is 0 Å². The third kappa shape index (κ3) is 3.75. The fourth-order valence-corrected chi connectivity index (χ4v) is 2.20. The summed E-state index contributed by atoms with van der Waals surface area (Å²) in [7, 11) is 0. The van der Waals surface area contributed by atoms with Crippen LogP contribution in [0.25, 0.3) is 0 Å². The predicted octanol–water partition coefficient (Wildman–Crippen LogP) is 4.03. The minimum Gasteiger partial charge on any atom is -0.397 e. The van der Waals surface area contributed by atoms with Crippen molar-refractivity contribution in [1.82, 2.24) is 0 Å². The molecule has 0 saturated heterocycles. The van der Waals surface area contributed by atoms with Crippen molar-refractivity contribution < 1.29 is 4.79 Å². The third-order valence-corrected chi connectivity index (χ3v) is 3.19. The van der Waals surface area contributed by atoms with Crippen molar-refractivity contribution in [3.05, 3.63) is 54.1 Å². The van der Waals surface area contributed by atoms with Gasteiger partial charge in [-0.15, -0.1) is 0 Å². The second kappa shape index (κ2) is 6.79. The number of nitrogens with two attached hydrogens (primary N) is 1. The minimum absolute atomic E-state index is 0.166. The van der Waals surface area contributed by atoms with E-state index in [-0.39, 0.29) is 6.03 Å². The molecule has 0 bridgehead atoms. The highest BCUT2D eigenvalue weighted by atomic mass is 16.2. The lowest BCUT2D eigenvalue weighted by atomic mass is 10.2. The summed E-state index contributed by atoms with van der Waals surface area (Å²) in [6, 6.07) is 15.0. The van der Waals surface area contributed by atoms with E-state index in [1.807, 2.05) is 56.3 Å². The van der Waals surface area contributed by atoms with Gasteiger partial charge in [-0.3, -0.25) is 4.90 Å². The first kappa shape index (κ1) is 14.9. The maximum atomic E-state index is 12.5. The molecule has 0 unspecified atom stereocenters. The number of hydrogen-bond donors (Lipinski definition) is 2. The van der Waals surface area contributed by atoms with Gasteiger partial charge >= 0.3 is 6.03 Å². The van der Waals surface area contributed by atoms with E-state index in [0.29, 0.717) is 12.2 Å². The van der Waals surface area contributed by atoms with Crippen LogP contribution in [0.15, 0.2) is 48.5 Å². The molecule has 4 heteroatoms. The fourth-order valence-electron chi connectivity index (χ4n) is 2.20. The van der Waals surface area contributed by atoms with Crippen LogP contribution < -0.4 is 16.0 Å². The Hall–Kier alpha value is -2.49. The number of nitrogens with one attached hydrogen (secondary N) is 1. The largest absolute Gasteiger partial charge is 0.397 e. The Balaban J connectivity index is 2.22. The smallest absolute Gasteiger partial charge is 0.326 e. The molecule has 3 N–H and O–H groups in total. The first-order valence-corrected chi connectivity index (χ1v) is 7.11. The molecule has 0 aromatic heterocycles. The molecular weight excluding hydrogens is 262 g/mol. The molecule has 0 saturated carbocycles. The molecule has 21 heavy (non-hydrogen) atoms. The van der Waals surface area contributed by atoms with Crippen molar-refractivity contribution in [3.63, 3.8) is 0 Å². The third-order valence-electron chi connectivity index (χ3n) is 3.19. The number of rotatable bonds is 4. The highest BCUT2D eigenvalue weighted by molar-refractivity contribution is 6.03. The zero-order valence-electron chi connectivity index (χ0n) is 12.5. The number of hydrogen-bond acceptors (Lipinski definition) is 2. The topological polar surface area (TPSA) is 58.4 Å². The maximum Gasteiger partial charge on any atom is 0.326 e. The highest BCUT2D eigenvalue weighted by Crippen LogP contribution is 2.23. The lowest BCUT2D eigenvalue weighted by molar-refractivity contribution is 0.257. The Kier molecular flexibility index (Phi) is 4.82. The summed E-state index contributed by atoms with van der Waals surface area (Å²) in [6.45, 7) is 4.65. The van der Waals surface area contributed by atoms with Gasteiger partial charge in [0, 0.05) is 12.2 Å². The van der Waals surface area contributed by atoms with Crippen molar-refractivity contribution in [2.45, 2.75) is 20.3 Å². The summed E-state index contributed by atoms with van der Waals surface area (Å²) in [5.74, 6) is 0. The molecule has 2 aromatic carbocycles.